The van der Waals surface area contributed by atoms with Gasteiger partial charge in [-0.1, -0.05) is 32.9 Å². The molecule has 2 aliphatic heterocycles. The first kappa shape index (κ1) is 74.7. The highest BCUT2D eigenvalue weighted by molar-refractivity contribution is 7.88. The number of rotatable bonds is 30. The Kier molecular flexibility index (Phi) is 24.0. The summed E-state index contributed by atoms with van der Waals surface area (Å²) in [6, 6.07) is 4.21. The topological polar surface area (TPSA) is 461 Å². The lowest BCUT2D eigenvalue weighted by molar-refractivity contribution is -0.172. The van der Waals surface area contributed by atoms with Crippen molar-refractivity contribution in [1.82, 2.24) is 49.7 Å². The fourth-order valence-electron chi connectivity index (χ4n) is 12.5. The maximum Gasteiger partial charge on any atom is 0.421 e. The van der Waals surface area contributed by atoms with Crippen LogP contribution in [0.1, 0.15) is 124 Å². The number of nitrogens with one attached hydrogen (secondary N) is 9. The molecule has 8 atom stereocenters. The molecule has 0 radical (unpaired) electrons. The van der Waals surface area contributed by atoms with Crippen LogP contribution < -0.4 is 51.0 Å². The maximum atomic E-state index is 15.5. The fraction of sp³-hybridized carbons (Fsp3) is 0.516. The van der Waals surface area contributed by atoms with Crippen LogP contribution in [0.25, 0.3) is 22.3 Å². The second-order valence-corrected chi connectivity index (χ2v) is 27.8. The standard InChI is InChI=1S/C64H78FN11O22S2/c1-6-64(88)44-27-49-54-41(29-76(49)58(82)43(44)32-96-59(64)83)52-46(18-17-38-34(4)45(65)28-48(70-54)51(38)52)71-61(85)97-30-36-13-15-37(16-14-36)69-55(79)35(5)68-57(81)53(33(2)3)73-56(80)47(19-20-50(77)78)72-60(84)94-24-22-67-100(91,92)74-62(86)95-26-25-93-23-21-66-99(89,90)75-63(87)98-31-42-39-11-9-7-8-10-12-40(39)42/h13-16,27-28,33,35,39-40,42,46-47,53,66-67,88H,6,9-12,17-26,29-32H2,1-5H3,(H,68,81)(H,69,79)(H,71,85)(H,72,84)(H,73,80)(H,74,86)(H,75,87)(H,77,78)/t35-,39-,40+,42-,46-,47-,53-,64-/m0/s1. The van der Waals surface area contributed by atoms with Crippen molar-refractivity contribution in [2.45, 2.75) is 142 Å². The Balaban J connectivity index is 0.678. The highest BCUT2D eigenvalue weighted by Crippen LogP contribution is 2.52. The Bertz CT molecular complexity index is 4220. The molecule has 4 aromatic rings. The van der Waals surface area contributed by atoms with Gasteiger partial charge < -0.3 is 69.8 Å². The molecule has 0 bridgehead atoms. The molecule has 2 aromatic heterocycles. The number of carboxylic acid groups (broad SMARTS) is 1. The first-order valence-electron chi connectivity index (χ1n) is 32.3. The van der Waals surface area contributed by atoms with Gasteiger partial charge in [0.15, 0.2) is 5.60 Å². The molecule has 7 amide bonds. The molecule has 100 heavy (non-hydrogen) atoms. The molecule has 0 unspecified atom stereocenters. The van der Waals surface area contributed by atoms with E-state index in [2.05, 4.69) is 43.1 Å². The molecule has 0 spiro atoms. The summed E-state index contributed by atoms with van der Waals surface area (Å²) in [5.74, 6) is 1.23. The van der Waals surface area contributed by atoms with Crippen LogP contribution in [0.15, 0.2) is 41.2 Å². The lowest BCUT2D eigenvalue weighted by atomic mass is 9.81. The third-order valence-electron chi connectivity index (χ3n) is 17.8. The quantitative estimate of drug-likeness (QED) is 0.0136. The number of fused-ring (bicyclic) bond motifs is 6. The Morgan fingerprint density at radius 2 is 1.44 bits per heavy atom. The van der Waals surface area contributed by atoms with Crippen LogP contribution >= 0.6 is 0 Å². The van der Waals surface area contributed by atoms with Crippen molar-refractivity contribution in [3.05, 3.63) is 91.5 Å². The van der Waals surface area contributed by atoms with E-state index in [1.165, 1.54) is 29.7 Å². The molecule has 1 saturated carbocycles. The van der Waals surface area contributed by atoms with Crippen molar-refractivity contribution >= 4 is 91.0 Å². The lowest BCUT2D eigenvalue weighted by Gasteiger charge is -2.31. The minimum atomic E-state index is -4.60. The van der Waals surface area contributed by atoms with Crippen molar-refractivity contribution in [2.75, 3.05) is 51.4 Å². The highest BCUT2D eigenvalue weighted by Gasteiger charge is 2.50. The number of benzene rings is 2. The number of aliphatic hydroxyl groups is 1. The van der Waals surface area contributed by atoms with E-state index in [0.717, 1.165) is 25.7 Å². The Morgan fingerprint density at radius 3 is 2.10 bits per heavy atom. The normalized spacial score (nSPS) is 19.5. The number of carboxylic acids is 1. The molecular weight excluding hydrogens is 1360 g/mol. The van der Waals surface area contributed by atoms with Gasteiger partial charge in [0, 0.05) is 60.6 Å². The van der Waals surface area contributed by atoms with Crippen LogP contribution in [0.3, 0.4) is 0 Å². The summed E-state index contributed by atoms with van der Waals surface area (Å²) >= 11 is 0. The maximum absolute atomic E-state index is 15.5. The van der Waals surface area contributed by atoms with Crippen molar-refractivity contribution in [1.29, 1.82) is 0 Å². The lowest BCUT2D eigenvalue weighted by Crippen LogP contribution is -2.57. The van der Waals surface area contributed by atoms with Crippen molar-refractivity contribution < 1.29 is 103 Å². The molecule has 2 aromatic carbocycles. The number of ether oxygens (including phenoxy) is 6. The molecular formula is C64H78FN11O22S2. The minimum absolute atomic E-state index is 0.0292. The number of esters is 1. The summed E-state index contributed by atoms with van der Waals surface area (Å²) in [6.45, 7) is 4.69. The molecule has 4 heterocycles. The molecule has 540 valence electrons. The predicted molar refractivity (Wildman–Crippen MR) is 349 cm³/mol. The first-order valence-corrected chi connectivity index (χ1v) is 35.3. The summed E-state index contributed by atoms with van der Waals surface area (Å²) in [5, 5.41) is 34.2. The van der Waals surface area contributed by atoms with Crippen LogP contribution in [-0.4, -0.2) is 155 Å². The number of alkyl carbamates (subject to hydrolysis) is 2. The molecule has 5 aliphatic rings. The van der Waals surface area contributed by atoms with Gasteiger partial charge in [0.05, 0.1) is 54.9 Å². The van der Waals surface area contributed by atoms with E-state index in [-0.39, 0.29) is 75.3 Å². The van der Waals surface area contributed by atoms with E-state index >= 15 is 4.39 Å². The third kappa shape index (κ3) is 18.3. The largest absolute Gasteiger partial charge is 0.481 e. The Hall–Kier alpha value is -9.54. The Morgan fingerprint density at radius 1 is 0.780 bits per heavy atom. The number of cyclic esters (lactones) is 1. The third-order valence-corrected chi connectivity index (χ3v) is 19.9. The summed E-state index contributed by atoms with van der Waals surface area (Å²) in [7, 11) is -8.90. The van der Waals surface area contributed by atoms with Gasteiger partial charge in [0.2, 0.25) is 17.7 Å². The van der Waals surface area contributed by atoms with Crippen molar-refractivity contribution in [3.63, 3.8) is 0 Å². The van der Waals surface area contributed by atoms with Gasteiger partial charge >= 0.3 is 56.7 Å². The zero-order valence-corrected chi connectivity index (χ0v) is 56.8. The fourth-order valence-corrected chi connectivity index (χ4v) is 13.9. The summed E-state index contributed by atoms with van der Waals surface area (Å²) in [5.41, 5.74) is 1.74. The van der Waals surface area contributed by atoms with E-state index < -0.39 is 154 Å². The second-order valence-electron chi connectivity index (χ2n) is 24.8. The Labute approximate surface area is 573 Å². The van der Waals surface area contributed by atoms with Gasteiger partial charge in [-0.25, -0.2) is 42.8 Å². The van der Waals surface area contributed by atoms with Crippen LogP contribution in [-0.2, 0) is 105 Å². The first-order chi connectivity index (χ1) is 47.5. The zero-order chi connectivity index (χ0) is 72.4. The van der Waals surface area contributed by atoms with E-state index in [1.54, 1.807) is 55.3 Å². The number of carbonyl (C=O) groups excluding carboxylic acids is 8. The molecule has 3 aliphatic carbocycles. The van der Waals surface area contributed by atoms with Crippen molar-refractivity contribution in [3.8, 4) is 23.2 Å². The van der Waals surface area contributed by atoms with Gasteiger partial charge in [-0.2, -0.15) is 26.3 Å². The number of aromatic nitrogens is 2. The monoisotopic (exact) mass is 1440 g/mol. The molecule has 36 heteroatoms. The predicted octanol–water partition coefficient (Wildman–Crippen LogP) is 2.56. The van der Waals surface area contributed by atoms with Crippen LogP contribution in [0.2, 0.25) is 0 Å². The van der Waals surface area contributed by atoms with Gasteiger partial charge in [-0.3, -0.25) is 24.0 Å². The second kappa shape index (κ2) is 32.2. The van der Waals surface area contributed by atoms with Crippen molar-refractivity contribution in [2.24, 2.45) is 23.7 Å². The number of nitrogens with zero attached hydrogens (tertiary/aromatic N) is 2. The average Bonchev–Trinajstić information content (AvgIpc) is 1.47. The van der Waals surface area contributed by atoms with Crippen LogP contribution in [0, 0.1) is 48.3 Å². The molecule has 11 N–H and O–H groups in total. The van der Waals surface area contributed by atoms with Crippen LogP contribution in [0.5, 0.6) is 0 Å². The molecule has 1 fully saturated rings. The number of hydrogen-bond donors (Lipinski definition) is 11. The SMILES string of the molecule is CC[C@@]1(O)C(=O)OCc2c1cc1n(c2=O)Cc2c-1nc1cc(F)c(C)c3c1c2[C@@H](NC(=O)OCc1ccc(NC(=O)[C@H](C)NC(=O)[C@@H](NC(=O)[C@H](CCC(=O)O)NC(=O)OCCNS(=O)(=O)NC(=O)OCCOCCNS(=O)(=O)NC(=O)OC[C@@H]2[C@@H]4CCC#CCC[C@@H]42)C(C)C)cc1)CC3. The minimum Gasteiger partial charge on any atom is -0.481 e. The summed E-state index contributed by atoms with van der Waals surface area (Å²) in [4.78, 5) is 134. The number of halogens is 1. The van der Waals surface area contributed by atoms with Gasteiger partial charge in [-0.05, 0) is 116 Å². The van der Waals surface area contributed by atoms with E-state index in [4.69, 9.17) is 33.4 Å². The number of aryl methyl sites for hydroxylation is 1. The van der Waals surface area contributed by atoms with Crippen LogP contribution in [0.4, 0.5) is 29.3 Å². The summed E-state index contributed by atoms with van der Waals surface area (Å²) < 4.78 is 104. The van der Waals surface area contributed by atoms with Gasteiger partial charge in [0.1, 0.15) is 50.4 Å². The number of amides is 7. The number of aliphatic carboxylic acids is 1. The van der Waals surface area contributed by atoms with Gasteiger partial charge in [-0.15, -0.1) is 11.8 Å². The van der Waals surface area contributed by atoms with E-state index in [0.29, 0.717) is 74.8 Å². The number of hydrogen-bond acceptors (Lipinski definition) is 22. The molecule has 0 saturated heterocycles. The molecule has 33 nitrogen and oxygen atoms in total. The van der Waals surface area contributed by atoms with E-state index in [1.807, 2.05) is 4.72 Å². The highest BCUT2D eigenvalue weighted by atomic mass is 32.2. The summed E-state index contributed by atoms with van der Waals surface area (Å²) in [6.07, 6.45) is -1.83. The smallest absolute Gasteiger partial charge is 0.421 e. The zero-order valence-electron chi connectivity index (χ0n) is 55.2. The average molecular weight is 1440 g/mol. The number of carbonyl (C=O) groups is 9. The van der Waals surface area contributed by atoms with E-state index in [9.17, 15) is 75.0 Å². The number of anilines is 1. The van der Waals surface area contributed by atoms with Gasteiger partial charge in [0.25, 0.3) is 5.56 Å². The molecule has 9 rings (SSSR count). The number of pyridine rings is 2.